The summed E-state index contributed by atoms with van der Waals surface area (Å²) in [6.07, 6.45) is 1.05. The van der Waals surface area contributed by atoms with Crippen LogP contribution in [0.1, 0.15) is 37.6 Å². The predicted octanol–water partition coefficient (Wildman–Crippen LogP) is 2.99. The van der Waals surface area contributed by atoms with Gasteiger partial charge in [-0.1, -0.05) is 6.92 Å². The van der Waals surface area contributed by atoms with Gasteiger partial charge in [0.2, 0.25) is 0 Å². The van der Waals surface area contributed by atoms with Crippen LogP contribution in [0.4, 0.5) is 0 Å². The van der Waals surface area contributed by atoms with E-state index in [0.29, 0.717) is 24.5 Å². The summed E-state index contributed by atoms with van der Waals surface area (Å²) in [6.45, 7) is 7.21. The minimum Gasteiger partial charge on any atom is -0.491 e. The summed E-state index contributed by atoms with van der Waals surface area (Å²) >= 11 is 0. The highest BCUT2D eigenvalue weighted by Crippen LogP contribution is 2.14. The standard InChI is InChI=1S/C15H22O5/c1-4-9-17-10-11-18-20-15(16)13-5-7-14(8-6-13)19-12(2)3/h5-8,12H,4,9-11H2,1-3H3. The normalized spacial score (nSPS) is 10.6. The molecule has 0 aliphatic heterocycles. The predicted molar refractivity (Wildman–Crippen MR) is 74.7 cm³/mol. The molecule has 5 heteroatoms. The van der Waals surface area contributed by atoms with E-state index in [9.17, 15) is 4.79 Å². The molecule has 0 bridgehead atoms. The van der Waals surface area contributed by atoms with Gasteiger partial charge in [0, 0.05) is 6.61 Å². The van der Waals surface area contributed by atoms with E-state index in [4.69, 9.17) is 14.4 Å². The summed E-state index contributed by atoms with van der Waals surface area (Å²) in [5.74, 6) is 0.182. The quantitative estimate of drug-likeness (QED) is 0.396. The second kappa shape index (κ2) is 9.34. The summed E-state index contributed by atoms with van der Waals surface area (Å²) in [5.41, 5.74) is 0.413. The maximum Gasteiger partial charge on any atom is 0.373 e. The van der Waals surface area contributed by atoms with Crippen molar-refractivity contribution in [3.63, 3.8) is 0 Å². The summed E-state index contributed by atoms with van der Waals surface area (Å²) in [4.78, 5) is 21.1. The molecule has 0 radical (unpaired) electrons. The van der Waals surface area contributed by atoms with Crippen molar-refractivity contribution in [2.24, 2.45) is 0 Å². The molecule has 5 nitrogen and oxygen atoms in total. The van der Waals surface area contributed by atoms with Gasteiger partial charge in [-0.25, -0.2) is 4.79 Å². The van der Waals surface area contributed by atoms with Crippen LogP contribution in [0.25, 0.3) is 0 Å². The molecule has 0 spiro atoms. The Labute approximate surface area is 119 Å². The second-order valence-corrected chi connectivity index (χ2v) is 4.50. The van der Waals surface area contributed by atoms with Crippen molar-refractivity contribution in [3.05, 3.63) is 29.8 Å². The molecule has 0 fully saturated rings. The Bertz CT molecular complexity index is 386. The van der Waals surface area contributed by atoms with Crippen LogP contribution in [-0.2, 0) is 14.5 Å². The Hall–Kier alpha value is -1.59. The van der Waals surface area contributed by atoms with Crippen molar-refractivity contribution < 1.29 is 24.0 Å². The summed E-state index contributed by atoms with van der Waals surface area (Å²) in [6, 6.07) is 6.72. The van der Waals surface area contributed by atoms with Gasteiger partial charge in [-0.2, -0.15) is 4.89 Å². The highest BCUT2D eigenvalue weighted by molar-refractivity contribution is 5.89. The Balaban J connectivity index is 2.29. The van der Waals surface area contributed by atoms with Crippen LogP contribution in [-0.4, -0.2) is 31.9 Å². The Kier molecular flexibility index (Phi) is 7.69. The first-order chi connectivity index (χ1) is 9.63. The second-order valence-electron chi connectivity index (χ2n) is 4.50. The summed E-state index contributed by atoms with van der Waals surface area (Å²) < 4.78 is 10.7. The molecular weight excluding hydrogens is 260 g/mol. The van der Waals surface area contributed by atoms with Crippen LogP contribution < -0.4 is 4.74 Å². The van der Waals surface area contributed by atoms with Crippen LogP contribution in [0.15, 0.2) is 24.3 Å². The molecule has 0 saturated heterocycles. The van der Waals surface area contributed by atoms with Crippen molar-refractivity contribution in [1.29, 1.82) is 0 Å². The van der Waals surface area contributed by atoms with Gasteiger partial charge >= 0.3 is 5.97 Å². The Morgan fingerprint density at radius 3 is 2.40 bits per heavy atom. The lowest BCUT2D eigenvalue weighted by atomic mass is 10.2. The van der Waals surface area contributed by atoms with E-state index in [1.54, 1.807) is 24.3 Å². The monoisotopic (exact) mass is 282 g/mol. The molecule has 0 heterocycles. The SMILES string of the molecule is CCCOCCOOC(=O)c1ccc(OC(C)C)cc1. The first-order valence-corrected chi connectivity index (χ1v) is 6.81. The van der Waals surface area contributed by atoms with E-state index in [1.165, 1.54) is 0 Å². The minimum absolute atomic E-state index is 0.0965. The number of hydrogen-bond donors (Lipinski definition) is 0. The van der Waals surface area contributed by atoms with Crippen molar-refractivity contribution in [3.8, 4) is 5.75 Å². The van der Waals surface area contributed by atoms with Gasteiger partial charge in [-0.15, -0.1) is 0 Å². The van der Waals surface area contributed by atoms with E-state index >= 15 is 0 Å². The average Bonchev–Trinajstić information content (AvgIpc) is 2.42. The van der Waals surface area contributed by atoms with Crippen LogP contribution in [0.5, 0.6) is 5.75 Å². The molecule has 0 unspecified atom stereocenters. The van der Waals surface area contributed by atoms with Gasteiger partial charge in [-0.3, -0.25) is 4.89 Å². The fourth-order valence-electron chi connectivity index (χ4n) is 1.42. The van der Waals surface area contributed by atoms with E-state index in [2.05, 4.69) is 4.89 Å². The van der Waals surface area contributed by atoms with E-state index in [1.807, 2.05) is 20.8 Å². The maximum atomic E-state index is 11.6. The lowest BCUT2D eigenvalue weighted by Gasteiger charge is -2.09. The lowest BCUT2D eigenvalue weighted by molar-refractivity contribution is -0.247. The first kappa shape index (κ1) is 16.5. The van der Waals surface area contributed by atoms with Gasteiger partial charge < -0.3 is 9.47 Å². The van der Waals surface area contributed by atoms with Crippen molar-refractivity contribution >= 4 is 5.97 Å². The third-order valence-electron chi connectivity index (χ3n) is 2.26. The first-order valence-electron chi connectivity index (χ1n) is 6.81. The third kappa shape index (κ3) is 6.54. The zero-order valence-electron chi connectivity index (χ0n) is 12.3. The molecule has 1 aromatic carbocycles. The van der Waals surface area contributed by atoms with Crippen LogP contribution in [0, 0.1) is 0 Å². The number of ether oxygens (including phenoxy) is 2. The topological polar surface area (TPSA) is 54.0 Å². The zero-order chi connectivity index (χ0) is 14.8. The molecule has 20 heavy (non-hydrogen) atoms. The molecular formula is C15H22O5. The lowest BCUT2D eigenvalue weighted by Crippen LogP contribution is -2.11. The number of hydrogen-bond acceptors (Lipinski definition) is 5. The molecule has 0 saturated carbocycles. The molecule has 0 aliphatic rings. The smallest absolute Gasteiger partial charge is 0.373 e. The summed E-state index contributed by atoms with van der Waals surface area (Å²) in [5, 5.41) is 0. The Morgan fingerprint density at radius 1 is 1.10 bits per heavy atom. The highest BCUT2D eigenvalue weighted by atomic mass is 17.2. The Morgan fingerprint density at radius 2 is 1.80 bits per heavy atom. The van der Waals surface area contributed by atoms with Crippen molar-refractivity contribution in [2.75, 3.05) is 19.8 Å². The molecule has 1 rings (SSSR count). The number of rotatable bonds is 9. The van der Waals surface area contributed by atoms with Gasteiger partial charge in [0.05, 0.1) is 18.3 Å². The van der Waals surface area contributed by atoms with Gasteiger partial charge in [0.25, 0.3) is 0 Å². The number of carbonyl (C=O) groups excluding carboxylic acids is 1. The van der Waals surface area contributed by atoms with Crippen LogP contribution in [0.2, 0.25) is 0 Å². The highest BCUT2D eigenvalue weighted by Gasteiger charge is 2.08. The molecule has 0 aliphatic carbocycles. The molecule has 0 aromatic heterocycles. The molecule has 0 N–H and O–H groups in total. The van der Waals surface area contributed by atoms with E-state index < -0.39 is 5.97 Å². The summed E-state index contributed by atoms with van der Waals surface area (Å²) in [7, 11) is 0. The largest absolute Gasteiger partial charge is 0.491 e. The molecule has 0 atom stereocenters. The fraction of sp³-hybridized carbons (Fsp3) is 0.533. The van der Waals surface area contributed by atoms with Crippen molar-refractivity contribution in [1.82, 2.24) is 0 Å². The van der Waals surface area contributed by atoms with Crippen LogP contribution >= 0.6 is 0 Å². The van der Waals surface area contributed by atoms with Gasteiger partial charge in [-0.05, 0) is 44.5 Å². The number of carbonyl (C=O) groups is 1. The minimum atomic E-state index is -0.531. The van der Waals surface area contributed by atoms with E-state index in [-0.39, 0.29) is 12.7 Å². The maximum absolute atomic E-state index is 11.6. The van der Waals surface area contributed by atoms with Crippen LogP contribution in [0.3, 0.4) is 0 Å². The molecule has 0 amide bonds. The molecule has 112 valence electrons. The van der Waals surface area contributed by atoms with E-state index in [0.717, 1.165) is 6.42 Å². The fourth-order valence-corrected chi connectivity index (χ4v) is 1.42. The average molecular weight is 282 g/mol. The van der Waals surface area contributed by atoms with Gasteiger partial charge in [0.1, 0.15) is 12.4 Å². The zero-order valence-corrected chi connectivity index (χ0v) is 12.3. The third-order valence-corrected chi connectivity index (χ3v) is 2.26. The number of benzene rings is 1. The van der Waals surface area contributed by atoms with Gasteiger partial charge in [0.15, 0.2) is 0 Å². The molecule has 1 aromatic rings. The van der Waals surface area contributed by atoms with Crippen molar-refractivity contribution in [2.45, 2.75) is 33.3 Å².